The predicted molar refractivity (Wildman–Crippen MR) is 60.2 cm³/mol. The van der Waals surface area contributed by atoms with Crippen LogP contribution in [0, 0.1) is 0 Å². The van der Waals surface area contributed by atoms with E-state index in [4.69, 9.17) is 9.15 Å². The maximum Gasteiger partial charge on any atom is 0.198 e. The Kier molecular flexibility index (Phi) is 1.99. The monoisotopic (exact) mass is 267 g/mol. The normalized spacial score (nSPS) is 15.9. The van der Waals surface area contributed by atoms with E-state index < -0.39 is 0 Å². The highest BCUT2D eigenvalue weighted by atomic mass is 79.9. The molecular formula is C11H10BrNO2. The number of methoxy groups -OCH3 is 1. The Hall–Kier alpha value is -1.03. The van der Waals surface area contributed by atoms with Crippen LogP contribution in [0.15, 0.2) is 21.0 Å². The van der Waals surface area contributed by atoms with E-state index in [-0.39, 0.29) is 0 Å². The molecule has 15 heavy (non-hydrogen) atoms. The average Bonchev–Trinajstić information content (AvgIpc) is 2.99. The van der Waals surface area contributed by atoms with Crippen molar-refractivity contribution in [3.05, 3.63) is 22.5 Å². The summed E-state index contributed by atoms with van der Waals surface area (Å²) >= 11 is 3.43. The van der Waals surface area contributed by atoms with E-state index in [1.165, 1.54) is 12.8 Å². The Bertz CT molecular complexity index is 517. The molecule has 1 saturated carbocycles. The molecule has 0 amide bonds. The van der Waals surface area contributed by atoms with Crippen molar-refractivity contribution in [1.82, 2.24) is 4.98 Å². The van der Waals surface area contributed by atoms with Crippen molar-refractivity contribution in [3.8, 4) is 5.75 Å². The molecule has 0 atom stereocenters. The van der Waals surface area contributed by atoms with E-state index in [1.54, 1.807) is 7.11 Å². The second-order valence-electron chi connectivity index (χ2n) is 3.78. The van der Waals surface area contributed by atoms with Gasteiger partial charge in [-0.25, -0.2) is 4.98 Å². The van der Waals surface area contributed by atoms with E-state index in [2.05, 4.69) is 20.9 Å². The molecule has 1 aromatic carbocycles. The number of hydrogen-bond acceptors (Lipinski definition) is 3. The SMILES string of the molecule is COc1cc2nc(C3CC3)oc2cc1Br. The lowest BCUT2D eigenvalue weighted by Crippen LogP contribution is -1.83. The number of hydrogen-bond donors (Lipinski definition) is 0. The van der Waals surface area contributed by atoms with Crippen LogP contribution in [-0.4, -0.2) is 12.1 Å². The Morgan fingerprint density at radius 3 is 2.93 bits per heavy atom. The molecule has 4 heteroatoms. The van der Waals surface area contributed by atoms with Gasteiger partial charge < -0.3 is 9.15 Å². The highest BCUT2D eigenvalue weighted by Gasteiger charge is 2.29. The Labute approximate surface area is 95.6 Å². The fourth-order valence-corrected chi connectivity index (χ4v) is 2.09. The molecule has 1 aromatic heterocycles. The van der Waals surface area contributed by atoms with Gasteiger partial charge in [0.25, 0.3) is 0 Å². The molecule has 0 radical (unpaired) electrons. The largest absolute Gasteiger partial charge is 0.495 e. The molecule has 0 bridgehead atoms. The fraction of sp³-hybridized carbons (Fsp3) is 0.364. The molecule has 0 unspecified atom stereocenters. The van der Waals surface area contributed by atoms with Gasteiger partial charge in [0.2, 0.25) is 0 Å². The van der Waals surface area contributed by atoms with Crippen molar-refractivity contribution >= 4 is 27.0 Å². The van der Waals surface area contributed by atoms with Gasteiger partial charge in [-0.05, 0) is 28.8 Å². The number of rotatable bonds is 2. The molecule has 3 rings (SSSR count). The zero-order valence-corrected chi connectivity index (χ0v) is 9.87. The molecule has 2 aromatic rings. The third-order valence-electron chi connectivity index (χ3n) is 2.61. The topological polar surface area (TPSA) is 35.3 Å². The smallest absolute Gasteiger partial charge is 0.198 e. The first-order chi connectivity index (χ1) is 7.28. The number of fused-ring (bicyclic) bond motifs is 1. The summed E-state index contributed by atoms with van der Waals surface area (Å²) in [6, 6.07) is 3.81. The predicted octanol–water partition coefficient (Wildman–Crippen LogP) is 3.48. The summed E-state index contributed by atoms with van der Waals surface area (Å²) in [5.74, 6) is 2.20. The molecule has 0 spiro atoms. The maximum absolute atomic E-state index is 5.68. The van der Waals surface area contributed by atoms with Gasteiger partial charge in [-0.1, -0.05) is 0 Å². The molecule has 1 fully saturated rings. The van der Waals surface area contributed by atoms with E-state index >= 15 is 0 Å². The third kappa shape index (κ3) is 1.53. The maximum atomic E-state index is 5.68. The van der Waals surface area contributed by atoms with Gasteiger partial charge >= 0.3 is 0 Å². The lowest BCUT2D eigenvalue weighted by atomic mass is 10.3. The van der Waals surface area contributed by atoms with Crippen molar-refractivity contribution in [3.63, 3.8) is 0 Å². The first kappa shape index (κ1) is 9.21. The van der Waals surface area contributed by atoms with Gasteiger partial charge in [-0.2, -0.15) is 0 Å². The van der Waals surface area contributed by atoms with Crippen LogP contribution in [0.4, 0.5) is 0 Å². The van der Waals surface area contributed by atoms with Crippen LogP contribution in [0.25, 0.3) is 11.1 Å². The summed E-state index contributed by atoms with van der Waals surface area (Å²) in [5.41, 5.74) is 1.70. The van der Waals surface area contributed by atoms with Gasteiger partial charge in [0.05, 0.1) is 11.6 Å². The molecule has 1 aliphatic carbocycles. The van der Waals surface area contributed by atoms with Crippen LogP contribution in [0.1, 0.15) is 24.7 Å². The van der Waals surface area contributed by atoms with Gasteiger partial charge in [-0.3, -0.25) is 0 Å². The summed E-state index contributed by atoms with van der Waals surface area (Å²) < 4.78 is 11.8. The molecular weight excluding hydrogens is 258 g/mol. The first-order valence-corrected chi connectivity index (χ1v) is 5.71. The molecule has 0 N–H and O–H groups in total. The summed E-state index contributed by atoms with van der Waals surface area (Å²) in [5, 5.41) is 0. The van der Waals surface area contributed by atoms with E-state index in [1.807, 2.05) is 12.1 Å². The van der Waals surface area contributed by atoms with E-state index in [0.717, 1.165) is 27.2 Å². The number of halogens is 1. The van der Waals surface area contributed by atoms with Crippen molar-refractivity contribution in [2.45, 2.75) is 18.8 Å². The lowest BCUT2D eigenvalue weighted by Gasteiger charge is -2.00. The van der Waals surface area contributed by atoms with Gasteiger partial charge in [0.1, 0.15) is 11.3 Å². The average molecular weight is 268 g/mol. The number of benzene rings is 1. The second-order valence-corrected chi connectivity index (χ2v) is 4.64. The Morgan fingerprint density at radius 1 is 1.47 bits per heavy atom. The minimum atomic E-state index is 0.544. The van der Waals surface area contributed by atoms with Gasteiger partial charge in [0.15, 0.2) is 11.5 Å². The summed E-state index contributed by atoms with van der Waals surface area (Å²) in [6.07, 6.45) is 2.40. The molecule has 1 aliphatic rings. The van der Waals surface area contributed by atoms with Gasteiger partial charge in [0, 0.05) is 18.1 Å². The van der Waals surface area contributed by atoms with Crippen LogP contribution in [0.3, 0.4) is 0 Å². The quantitative estimate of drug-likeness (QED) is 0.836. The molecule has 3 nitrogen and oxygen atoms in total. The minimum absolute atomic E-state index is 0.544. The Morgan fingerprint density at radius 2 is 2.27 bits per heavy atom. The summed E-state index contributed by atoms with van der Waals surface area (Å²) in [7, 11) is 1.65. The molecule has 0 aliphatic heterocycles. The van der Waals surface area contributed by atoms with Crippen LogP contribution in [0.2, 0.25) is 0 Å². The van der Waals surface area contributed by atoms with Gasteiger partial charge in [-0.15, -0.1) is 0 Å². The summed E-state index contributed by atoms with van der Waals surface area (Å²) in [4.78, 5) is 4.46. The van der Waals surface area contributed by atoms with Crippen LogP contribution in [0.5, 0.6) is 5.75 Å². The standard InChI is InChI=1S/C11H10BrNO2/c1-14-9-5-8-10(4-7(9)12)15-11(13-8)6-2-3-6/h4-6H,2-3H2,1H3. The zero-order chi connectivity index (χ0) is 10.4. The number of aromatic nitrogens is 1. The highest BCUT2D eigenvalue weighted by Crippen LogP contribution is 2.41. The van der Waals surface area contributed by atoms with Crippen molar-refractivity contribution < 1.29 is 9.15 Å². The number of nitrogens with zero attached hydrogens (tertiary/aromatic N) is 1. The number of ether oxygens (including phenoxy) is 1. The number of oxazole rings is 1. The zero-order valence-electron chi connectivity index (χ0n) is 8.29. The van der Waals surface area contributed by atoms with Crippen molar-refractivity contribution in [1.29, 1.82) is 0 Å². The van der Waals surface area contributed by atoms with Crippen LogP contribution in [-0.2, 0) is 0 Å². The van der Waals surface area contributed by atoms with Crippen LogP contribution >= 0.6 is 15.9 Å². The third-order valence-corrected chi connectivity index (χ3v) is 3.22. The molecule has 1 heterocycles. The van der Waals surface area contributed by atoms with Crippen molar-refractivity contribution in [2.24, 2.45) is 0 Å². The van der Waals surface area contributed by atoms with Crippen LogP contribution < -0.4 is 4.74 Å². The lowest BCUT2D eigenvalue weighted by molar-refractivity contribution is 0.412. The van der Waals surface area contributed by atoms with Crippen molar-refractivity contribution in [2.75, 3.05) is 7.11 Å². The first-order valence-electron chi connectivity index (χ1n) is 4.92. The minimum Gasteiger partial charge on any atom is -0.495 e. The highest BCUT2D eigenvalue weighted by molar-refractivity contribution is 9.10. The van der Waals surface area contributed by atoms with E-state index in [0.29, 0.717) is 5.92 Å². The fourth-order valence-electron chi connectivity index (χ4n) is 1.61. The van der Waals surface area contributed by atoms with E-state index in [9.17, 15) is 0 Å². The Balaban J connectivity index is 2.16. The summed E-state index contributed by atoms with van der Waals surface area (Å²) in [6.45, 7) is 0. The molecule has 78 valence electrons. The molecule has 0 saturated heterocycles. The second kappa shape index (κ2) is 3.23.